The number of carbonyl (C=O) groups is 2. The van der Waals surface area contributed by atoms with Crippen LogP contribution in [0, 0.1) is 11.6 Å². The molecular weight excluding hydrogens is 326 g/mol. The van der Waals surface area contributed by atoms with E-state index >= 15 is 0 Å². The fourth-order valence-corrected chi connectivity index (χ4v) is 3.36. The summed E-state index contributed by atoms with van der Waals surface area (Å²) in [5, 5.41) is 0. The number of amides is 2. The minimum Gasteiger partial charge on any atom is -0.272 e. The third kappa shape index (κ3) is 3.38. The van der Waals surface area contributed by atoms with Crippen molar-refractivity contribution < 1.29 is 18.4 Å². The molecule has 4 nitrogen and oxygen atoms in total. The quantitative estimate of drug-likeness (QED) is 0.840. The van der Waals surface area contributed by atoms with Crippen molar-refractivity contribution in [1.29, 1.82) is 0 Å². The Morgan fingerprint density at radius 2 is 1.64 bits per heavy atom. The highest BCUT2D eigenvalue weighted by atomic mass is 19.1. The summed E-state index contributed by atoms with van der Waals surface area (Å²) in [6.07, 6.45) is 2.81. The molecule has 130 valence electrons. The van der Waals surface area contributed by atoms with Gasteiger partial charge in [0.15, 0.2) is 0 Å². The average molecular weight is 344 g/mol. The van der Waals surface area contributed by atoms with Gasteiger partial charge in [-0.2, -0.15) is 0 Å². The molecule has 25 heavy (non-hydrogen) atoms. The highest BCUT2D eigenvalue weighted by Crippen LogP contribution is 2.41. The predicted octanol–water partition coefficient (Wildman–Crippen LogP) is 3.24. The summed E-state index contributed by atoms with van der Waals surface area (Å²) in [5.74, 6) is -2.24. The average Bonchev–Trinajstić information content (AvgIpc) is 3.11. The number of carbonyl (C=O) groups excluding carboxylic acids is 2. The van der Waals surface area contributed by atoms with Crippen LogP contribution in [0.4, 0.5) is 8.78 Å². The number of hydrogen-bond donors (Lipinski definition) is 2. The number of hydrazine groups is 1. The highest BCUT2D eigenvalue weighted by Gasteiger charge is 2.43. The SMILES string of the molecule is O=C(NNC(=O)C1(c2cccc(F)c2)CCCC1)c1ccccc1F. The van der Waals surface area contributed by atoms with Crippen molar-refractivity contribution in [3.8, 4) is 0 Å². The van der Waals surface area contributed by atoms with Gasteiger partial charge < -0.3 is 0 Å². The van der Waals surface area contributed by atoms with Gasteiger partial charge in [-0.1, -0.05) is 37.1 Å². The van der Waals surface area contributed by atoms with Crippen LogP contribution in [-0.2, 0) is 10.2 Å². The molecule has 2 amide bonds. The summed E-state index contributed by atoms with van der Waals surface area (Å²) in [6, 6.07) is 11.5. The van der Waals surface area contributed by atoms with Crippen LogP contribution in [0.2, 0.25) is 0 Å². The summed E-state index contributed by atoms with van der Waals surface area (Å²) >= 11 is 0. The van der Waals surface area contributed by atoms with E-state index in [1.54, 1.807) is 12.1 Å². The molecule has 0 aliphatic heterocycles. The van der Waals surface area contributed by atoms with E-state index in [1.807, 2.05) is 0 Å². The first-order valence-corrected chi connectivity index (χ1v) is 8.14. The molecule has 0 unspecified atom stereocenters. The normalized spacial score (nSPS) is 15.6. The second-order valence-electron chi connectivity index (χ2n) is 6.19. The van der Waals surface area contributed by atoms with Gasteiger partial charge in [-0.25, -0.2) is 8.78 Å². The van der Waals surface area contributed by atoms with Crippen LogP contribution in [0.1, 0.15) is 41.6 Å². The molecule has 0 atom stereocenters. The second-order valence-corrected chi connectivity index (χ2v) is 6.19. The zero-order valence-electron chi connectivity index (χ0n) is 13.5. The molecule has 1 aliphatic carbocycles. The highest BCUT2D eigenvalue weighted by molar-refractivity contribution is 5.97. The molecule has 1 aliphatic rings. The molecule has 6 heteroatoms. The van der Waals surface area contributed by atoms with Crippen molar-refractivity contribution in [2.45, 2.75) is 31.1 Å². The minimum absolute atomic E-state index is 0.158. The maximum Gasteiger partial charge on any atom is 0.272 e. The molecule has 0 aromatic heterocycles. The van der Waals surface area contributed by atoms with Gasteiger partial charge in [-0.3, -0.25) is 20.4 Å². The van der Waals surface area contributed by atoms with E-state index in [0.29, 0.717) is 18.4 Å². The van der Waals surface area contributed by atoms with Gasteiger partial charge in [0.25, 0.3) is 5.91 Å². The molecule has 0 heterocycles. The maximum atomic E-state index is 13.6. The fraction of sp³-hybridized carbons (Fsp3) is 0.263. The van der Waals surface area contributed by atoms with Gasteiger partial charge >= 0.3 is 0 Å². The molecule has 2 N–H and O–H groups in total. The minimum atomic E-state index is -0.884. The Balaban J connectivity index is 1.76. The first kappa shape index (κ1) is 17.1. The molecular formula is C19H18F2N2O2. The van der Waals surface area contributed by atoms with Gasteiger partial charge in [-0.15, -0.1) is 0 Å². The third-order valence-electron chi connectivity index (χ3n) is 4.68. The molecule has 0 saturated heterocycles. The molecule has 2 aromatic rings. The number of hydrogen-bond acceptors (Lipinski definition) is 2. The first-order valence-electron chi connectivity index (χ1n) is 8.14. The van der Waals surface area contributed by atoms with Crippen molar-refractivity contribution in [3.63, 3.8) is 0 Å². The summed E-state index contributed by atoms with van der Waals surface area (Å²) < 4.78 is 27.2. The molecule has 3 rings (SSSR count). The Bertz CT molecular complexity index is 802. The number of rotatable bonds is 3. The van der Waals surface area contributed by atoms with Crippen LogP contribution in [0.5, 0.6) is 0 Å². The van der Waals surface area contributed by atoms with E-state index in [1.165, 1.54) is 36.4 Å². The first-order chi connectivity index (χ1) is 12.0. The number of benzene rings is 2. The van der Waals surface area contributed by atoms with Crippen LogP contribution >= 0.6 is 0 Å². The van der Waals surface area contributed by atoms with Crippen molar-refractivity contribution >= 4 is 11.8 Å². The Morgan fingerprint density at radius 1 is 0.920 bits per heavy atom. The fourth-order valence-electron chi connectivity index (χ4n) is 3.36. The predicted molar refractivity (Wildman–Crippen MR) is 88.6 cm³/mol. The lowest BCUT2D eigenvalue weighted by Crippen LogP contribution is -2.50. The number of halogens is 2. The monoisotopic (exact) mass is 344 g/mol. The summed E-state index contributed by atoms with van der Waals surface area (Å²) in [4.78, 5) is 24.8. The van der Waals surface area contributed by atoms with Gasteiger partial charge in [0.1, 0.15) is 11.6 Å². The summed E-state index contributed by atoms with van der Waals surface area (Å²) in [6.45, 7) is 0. The van der Waals surface area contributed by atoms with E-state index in [4.69, 9.17) is 0 Å². The van der Waals surface area contributed by atoms with Crippen molar-refractivity contribution in [2.75, 3.05) is 0 Å². The van der Waals surface area contributed by atoms with Gasteiger partial charge in [0.2, 0.25) is 5.91 Å². The van der Waals surface area contributed by atoms with Crippen molar-refractivity contribution in [1.82, 2.24) is 10.9 Å². The van der Waals surface area contributed by atoms with Crippen LogP contribution in [-0.4, -0.2) is 11.8 Å². The standard InChI is InChI=1S/C19H18F2N2O2/c20-14-7-5-6-13(12-14)19(10-3-4-11-19)18(25)23-22-17(24)15-8-1-2-9-16(15)21/h1-2,5-9,12H,3-4,10-11H2,(H,22,24)(H,23,25). The second kappa shape index (κ2) is 7.01. The lowest BCUT2D eigenvalue weighted by atomic mass is 9.78. The largest absolute Gasteiger partial charge is 0.272 e. The van der Waals surface area contributed by atoms with E-state index < -0.39 is 28.9 Å². The van der Waals surface area contributed by atoms with Crippen LogP contribution < -0.4 is 10.9 Å². The van der Waals surface area contributed by atoms with Gasteiger partial charge in [0, 0.05) is 0 Å². The Labute approximate surface area is 144 Å². The van der Waals surface area contributed by atoms with E-state index in [-0.39, 0.29) is 5.56 Å². The molecule has 0 radical (unpaired) electrons. The zero-order valence-corrected chi connectivity index (χ0v) is 13.5. The van der Waals surface area contributed by atoms with E-state index in [9.17, 15) is 18.4 Å². The van der Waals surface area contributed by atoms with Gasteiger partial charge in [0.05, 0.1) is 11.0 Å². The molecule has 2 aromatic carbocycles. The molecule has 0 bridgehead atoms. The smallest absolute Gasteiger partial charge is 0.272 e. The van der Waals surface area contributed by atoms with Crippen molar-refractivity contribution in [2.24, 2.45) is 0 Å². The van der Waals surface area contributed by atoms with Gasteiger partial charge in [-0.05, 0) is 42.7 Å². The summed E-state index contributed by atoms with van der Waals surface area (Å²) in [5.41, 5.74) is 4.18. The third-order valence-corrected chi connectivity index (χ3v) is 4.68. The molecule has 1 fully saturated rings. The summed E-state index contributed by atoms with van der Waals surface area (Å²) in [7, 11) is 0. The molecule has 0 spiro atoms. The zero-order chi connectivity index (χ0) is 17.9. The topological polar surface area (TPSA) is 58.2 Å². The van der Waals surface area contributed by atoms with Crippen LogP contribution in [0.15, 0.2) is 48.5 Å². The van der Waals surface area contributed by atoms with Crippen LogP contribution in [0.25, 0.3) is 0 Å². The Kier molecular flexibility index (Phi) is 4.79. The number of nitrogens with one attached hydrogen (secondary N) is 2. The van der Waals surface area contributed by atoms with E-state index in [0.717, 1.165) is 12.8 Å². The Morgan fingerprint density at radius 3 is 2.32 bits per heavy atom. The molecule has 1 saturated carbocycles. The Hall–Kier alpha value is -2.76. The van der Waals surface area contributed by atoms with Crippen LogP contribution in [0.3, 0.4) is 0 Å². The maximum absolute atomic E-state index is 13.6. The van der Waals surface area contributed by atoms with E-state index in [2.05, 4.69) is 10.9 Å². The lowest BCUT2D eigenvalue weighted by Gasteiger charge is -2.28. The van der Waals surface area contributed by atoms with Crippen molar-refractivity contribution in [3.05, 3.63) is 71.3 Å². The lowest BCUT2D eigenvalue weighted by molar-refractivity contribution is -0.127.